The number of methoxy groups -OCH3 is 1. The summed E-state index contributed by atoms with van der Waals surface area (Å²) < 4.78 is 9.19. The molecule has 4 heteroatoms. The van der Waals surface area contributed by atoms with Gasteiger partial charge in [0.15, 0.2) is 0 Å². The van der Waals surface area contributed by atoms with Crippen LogP contribution in [0.2, 0.25) is 0 Å². The molecule has 0 aromatic carbocycles. The van der Waals surface area contributed by atoms with E-state index in [9.17, 15) is 0 Å². The van der Waals surface area contributed by atoms with Crippen LogP contribution in [0.4, 0.5) is 0 Å². The first-order valence-electron chi connectivity index (χ1n) is 3.81. The van der Waals surface area contributed by atoms with Gasteiger partial charge in [-0.1, -0.05) is 6.92 Å². The summed E-state index contributed by atoms with van der Waals surface area (Å²) in [4.78, 5) is 0. The summed E-state index contributed by atoms with van der Waals surface area (Å²) in [6.07, 6.45) is 0.948. The molecule has 1 atom stereocenters. The number of aromatic nitrogens is 1. The van der Waals surface area contributed by atoms with Crippen LogP contribution >= 0.6 is 23.1 Å². The molecular weight excluding hydrogens is 194 g/mol. The number of rotatable bonds is 4. The van der Waals surface area contributed by atoms with Crippen LogP contribution in [-0.2, 0) is 6.42 Å². The molecule has 0 aliphatic carbocycles. The maximum atomic E-state index is 5.71. The van der Waals surface area contributed by atoms with Gasteiger partial charge in [0.2, 0.25) is 5.88 Å². The molecular formula is C8H12ClNOS. The van der Waals surface area contributed by atoms with E-state index in [0.717, 1.165) is 17.9 Å². The maximum absolute atomic E-state index is 5.71. The largest absolute Gasteiger partial charge is 0.480 e. The minimum absolute atomic E-state index is 0.483. The lowest BCUT2D eigenvalue weighted by atomic mass is 10.1. The molecule has 1 heterocycles. The molecule has 0 saturated heterocycles. The Labute approximate surface area is 81.7 Å². The molecule has 1 rings (SSSR count). The van der Waals surface area contributed by atoms with E-state index in [4.69, 9.17) is 16.3 Å². The second-order valence-electron chi connectivity index (χ2n) is 2.81. The Morgan fingerprint density at radius 3 is 3.08 bits per heavy atom. The molecule has 1 aromatic rings. The van der Waals surface area contributed by atoms with Crippen LogP contribution in [0.5, 0.6) is 5.88 Å². The van der Waals surface area contributed by atoms with E-state index in [1.54, 1.807) is 7.11 Å². The fourth-order valence-corrected chi connectivity index (χ4v) is 1.75. The molecule has 0 radical (unpaired) electrons. The highest BCUT2D eigenvalue weighted by molar-refractivity contribution is 7.03. The Morgan fingerprint density at radius 1 is 1.75 bits per heavy atom. The third-order valence-corrected chi connectivity index (χ3v) is 2.82. The molecule has 0 amide bonds. The standard InChI is InChI=1S/C8H12ClNOS/c1-6(4-9)3-7-5-12-10-8(7)11-2/h5-6H,3-4H2,1-2H3. The van der Waals surface area contributed by atoms with Crippen molar-refractivity contribution in [3.63, 3.8) is 0 Å². The van der Waals surface area contributed by atoms with Gasteiger partial charge in [-0.05, 0) is 23.9 Å². The van der Waals surface area contributed by atoms with Crippen LogP contribution in [0.15, 0.2) is 5.38 Å². The zero-order valence-electron chi connectivity index (χ0n) is 7.21. The van der Waals surface area contributed by atoms with E-state index in [2.05, 4.69) is 11.3 Å². The number of alkyl halides is 1. The average Bonchev–Trinajstić information content (AvgIpc) is 2.51. The van der Waals surface area contributed by atoms with Crippen molar-refractivity contribution in [1.82, 2.24) is 4.37 Å². The Bertz CT molecular complexity index is 239. The van der Waals surface area contributed by atoms with Gasteiger partial charge in [0, 0.05) is 16.8 Å². The van der Waals surface area contributed by atoms with Gasteiger partial charge in [0.05, 0.1) is 7.11 Å². The molecule has 0 aliphatic rings. The van der Waals surface area contributed by atoms with Crippen molar-refractivity contribution >= 4 is 23.1 Å². The predicted octanol–water partition coefficient (Wildman–Crippen LogP) is 2.57. The SMILES string of the molecule is COc1nscc1CC(C)CCl. The van der Waals surface area contributed by atoms with Gasteiger partial charge in [-0.2, -0.15) is 4.37 Å². The first-order chi connectivity index (χ1) is 5.77. The van der Waals surface area contributed by atoms with Gasteiger partial charge in [-0.3, -0.25) is 0 Å². The maximum Gasteiger partial charge on any atom is 0.228 e. The number of ether oxygens (including phenoxy) is 1. The fraction of sp³-hybridized carbons (Fsp3) is 0.625. The van der Waals surface area contributed by atoms with Crippen LogP contribution in [0.1, 0.15) is 12.5 Å². The number of halogens is 1. The molecule has 0 saturated carbocycles. The lowest BCUT2D eigenvalue weighted by Gasteiger charge is -2.05. The van der Waals surface area contributed by atoms with Gasteiger partial charge in [-0.15, -0.1) is 11.6 Å². The zero-order valence-corrected chi connectivity index (χ0v) is 8.78. The first-order valence-corrected chi connectivity index (χ1v) is 5.18. The zero-order chi connectivity index (χ0) is 8.97. The number of hydrogen-bond acceptors (Lipinski definition) is 3. The Kier molecular flexibility index (Phi) is 3.82. The van der Waals surface area contributed by atoms with Gasteiger partial charge in [0.1, 0.15) is 0 Å². The minimum atomic E-state index is 0.483. The molecule has 0 spiro atoms. The average molecular weight is 206 g/mol. The highest BCUT2D eigenvalue weighted by Crippen LogP contribution is 2.22. The monoisotopic (exact) mass is 205 g/mol. The highest BCUT2D eigenvalue weighted by Gasteiger charge is 2.09. The lowest BCUT2D eigenvalue weighted by molar-refractivity contribution is 0.395. The summed E-state index contributed by atoms with van der Waals surface area (Å²) >= 11 is 7.13. The van der Waals surface area contributed by atoms with E-state index >= 15 is 0 Å². The van der Waals surface area contributed by atoms with Crippen molar-refractivity contribution in [3.8, 4) is 5.88 Å². The third-order valence-electron chi connectivity index (χ3n) is 1.63. The summed E-state index contributed by atoms with van der Waals surface area (Å²) in [5, 5.41) is 2.02. The van der Waals surface area contributed by atoms with Crippen molar-refractivity contribution < 1.29 is 4.74 Å². The smallest absolute Gasteiger partial charge is 0.228 e. The highest BCUT2D eigenvalue weighted by atomic mass is 35.5. The molecule has 0 fully saturated rings. The fourth-order valence-electron chi connectivity index (χ4n) is 0.981. The van der Waals surface area contributed by atoms with E-state index in [-0.39, 0.29) is 0 Å². The van der Waals surface area contributed by atoms with E-state index in [0.29, 0.717) is 11.8 Å². The topological polar surface area (TPSA) is 22.1 Å². The summed E-state index contributed by atoms with van der Waals surface area (Å²) in [5.74, 6) is 1.91. The van der Waals surface area contributed by atoms with Crippen molar-refractivity contribution in [2.75, 3.05) is 13.0 Å². The predicted molar refractivity (Wildman–Crippen MR) is 52.3 cm³/mol. The van der Waals surface area contributed by atoms with Crippen LogP contribution in [0.25, 0.3) is 0 Å². The second kappa shape index (κ2) is 4.67. The summed E-state index contributed by atoms with van der Waals surface area (Å²) in [5.41, 5.74) is 1.16. The van der Waals surface area contributed by atoms with E-state index in [1.807, 2.05) is 5.38 Å². The van der Waals surface area contributed by atoms with Crippen molar-refractivity contribution in [2.45, 2.75) is 13.3 Å². The number of hydrogen-bond donors (Lipinski definition) is 0. The first kappa shape index (κ1) is 9.81. The van der Waals surface area contributed by atoms with Gasteiger partial charge >= 0.3 is 0 Å². The summed E-state index contributed by atoms with van der Waals surface area (Å²) in [7, 11) is 1.64. The molecule has 12 heavy (non-hydrogen) atoms. The third kappa shape index (κ3) is 2.35. The number of nitrogens with zero attached hydrogens (tertiary/aromatic N) is 1. The molecule has 1 aromatic heterocycles. The minimum Gasteiger partial charge on any atom is -0.480 e. The van der Waals surface area contributed by atoms with E-state index < -0.39 is 0 Å². The van der Waals surface area contributed by atoms with Crippen molar-refractivity contribution in [2.24, 2.45) is 5.92 Å². The normalized spacial score (nSPS) is 12.9. The molecule has 0 bridgehead atoms. The van der Waals surface area contributed by atoms with Crippen LogP contribution < -0.4 is 4.74 Å². The molecule has 0 aliphatic heterocycles. The van der Waals surface area contributed by atoms with Crippen molar-refractivity contribution in [3.05, 3.63) is 10.9 Å². The molecule has 68 valence electrons. The lowest BCUT2D eigenvalue weighted by Crippen LogP contribution is -2.01. The van der Waals surface area contributed by atoms with Gasteiger partial charge < -0.3 is 4.74 Å². The second-order valence-corrected chi connectivity index (χ2v) is 3.75. The Hall–Kier alpha value is -0.280. The Morgan fingerprint density at radius 2 is 2.50 bits per heavy atom. The molecule has 1 unspecified atom stereocenters. The molecule has 0 N–H and O–H groups in total. The van der Waals surface area contributed by atoms with Gasteiger partial charge in [0.25, 0.3) is 0 Å². The van der Waals surface area contributed by atoms with Crippen molar-refractivity contribution in [1.29, 1.82) is 0 Å². The van der Waals surface area contributed by atoms with Crippen LogP contribution in [0, 0.1) is 5.92 Å². The summed E-state index contributed by atoms with van der Waals surface area (Å²) in [6, 6.07) is 0. The Balaban J connectivity index is 2.61. The summed E-state index contributed by atoms with van der Waals surface area (Å²) in [6.45, 7) is 2.12. The van der Waals surface area contributed by atoms with E-state index in [1.165, 1.54) is 11.5 Å². The van der Waals surface area contributed by atoms with Gasteiger partial charge in [-0.25, -0.2) is 0 Å². The van der Waals surface area contributed by atoms with Crippen LogP contribution in [0.3, 0.4) is 0 Å². The quantitative estimate of drug-likeness (QED) is 0.705. The van der Waals surface area contributed by atoms with Crippen LogP contribution in [-0.4, -0.2) is 17.4 Å². The molecule has 2 nitrogen and oxygen atoms in total.